The molecule has 0 saturated heterocycles. The number of rotatable bonds is 5. The second-order valence-electron chi connectivity index (χ2n) is 8.15. The topological polar surface area (TPSA) is 33.4 Å². The van der Waals surface area contributed by atoms with E-state index >= 15 is 0 Å². The second kappa shape index (κ2) is 10.0. The third-order valence-electron chi connectivity index (χ3n) is 5.92. The third kappa shape index (κ3) is 4.91. The van der Waals surface area contributed by atoms with Crippen LogP contribution < -0.4 is 9.47 Å². The normalized spacial score (nSPS) is 14.2. The Bertz CT molecular complexity index is 1410. The van der Waals surface area contributed by atoms with E-state index < -0.39 is 0 Å². The van der Waals surface area contributed by atoms with Crippen molar-refractivity contribution in [3.63, 3.8) is 0 Å². The van der Waals surface area contributed by atoms with Gasteiger partial charge in [-0.05, 0) is 53.1 Å². The van der Waals surface area contributed by atoms with E-state index in [1.54, 1.807) is 11.8 Å². The van der Waals surface area contributed by atoms with E-state index in [0.717, 1.165) is 27.4 Å². The van der Waals surface area contributed by atoms with Gasteiger partial charge in [0.15, 0.2) is 12.4 Å². The molecule has 0 radical (unpaired) electrons. The summed E-state index contributed by atoms with van der Waals surface area (Å²) < 4.78 is 6.95. The number of benzene rings is 3. The highest BCUT2D eigenvalue weighted by Crippen LogP contribution is 2.45. The van der Waals surface area contributed by atoms with Crippen molar-refractivity contribution in [3.05, 3.63) is 131 Å². The van der Waals surface area contributed by atoms with Crippen LogP contribution in [0.3, 0.4) is 0 Å². The molecule has 35 heavy (non-hydrogen) atoms. The van der Waals surface area contributed by atoms with Crippen LogP contribution in [0, 0.1) is 0 Å². The van der Waals surface area contributed by atoms with Gasteiger partial charge in [0.25, 0.3) is 0 Å². The molecule has 5 heteroatoms. The van der Waals surface area contributed by atoms with Gasteiger partial charge in [-0.1, -0.05) is 54.2 Å². The minimum absolute atomic E-state index is 0.338. The van der Waals surface area contributed by atoms with Crippen LogP contribution in [-0.2, 0) is 4.74 Å². The molecule has 4 nitrogen and oxygen atoms in total. The standard InChI is InChI=1S/C30H25N2O2S/c1-31-27-10-6-7-11-28(27)35-29(31)21-25(23-12-14-24(15-13-23)30(33)34-2)20-22-16-18-32(19-17-22)26-8-4-3-5-9-26/h3-21H,1-2H3/q+1. The largest absolute Gasteiger partial charge is 0.465 e. The number of hydrogen-bond acceptors (Lipinski definition) is 4. The third-order valence-corrected chi connectivity index (χ3v) is 7.09. The first-order valence-electron chi connectivity index (χ1n) is 11.3. The Morgan fingerprint density at radius 3 is 2.20 bits per heavy atom. The van der Waals surface area contributed by atoms with Crippen LogP contribution in [0.4, 0.5) is 5.69 Å². The van der Waals surface area contributed by atoms with E-state index in [4.69, 9.17) is 4.74 Å². The highest BCUT2D eigenvalue weighted by molar-refractivity contribution is 8.03. The Kier molecular flexibility index (Phi) is 6.51. The molecular weight excluding hydrogens is 452 g/mol. The van der Waals surface area contributed by atoms with E-state index in [1.807, 2.05) is 42.5 Å². The summed E-state index contributed by atoms with van der Waals surface area (Å²) >= 11 is 1.76. The number of allylic oxidation sites excluding steroid dienone is 2. The van der Waals surface area contributed by atoms with Crippen LogP contribution in [0.2, 0.25) is 0 Å². The Labute approximate surface area is 209 Å². The number of anilines is 1. The maximum atomic E-state index is 11.9. The Morgan fingerprint density at radius 2 is 1.51 bits per heavy atom. The van der Waals surface area contributed by atoms with Gasteiger partial charge in [-0.3, -0.25) is 0 Å². The predicted molar refractivity (Wildman–Crippen MR) is 142 cm³/mol. The lowest BCUT2D eigenvalue weighted by molar-refractivity contribution is -0.595. The molecule has 0 aliphatic carbocycles. The Balaban J connectivity index is 1.52. The fourth-order valence-electron chi connectivity index (χ4n) is 3.99. The smallest absolute Gasteiger partial charge is 0.337 e. The Hall–Kier alpha value is -4.09. The zero-order valence-corrected chi connectivity index (χ0v) is 20.4. The van der Waals surface area contributed by atoms with Crippen molar-refractivity contribution in [2.24, 2.45) is 0 Å². The lowest BCUT2D eigenvalue weighted by Gasteiger charge is -2.14. The van der Waals surface area contributed by atoms with Crippen molar-refractivity contribution in [1.29, 1.82) is 0 Å². The number of hydrogen-bond donors (Lipinski definition) is 0. The van der Waals surface area contributed by atoms with Crippen LogP contribution >= 0.6 is 11.8 Å². The zero-order valence-electron chi connectivity index (χ0n) is 19.6. The summed E-state index contributed by atoms with van der Waals surface area (Å²) in [5.74, 6) is -0.338. The number of ether oxygens (including phenoxy) is 1. The average Bonchev–Trinajstić information content (AvgIpc) is 3.24. The van der Waals surface area contributed by atoms with Crippen molar-refractivity contribution >= 4 is 35.1 Å². The molecule has 0 amide bonds. The molecule has 5 rings (SSSR count). The van der Waals surface area contributed by atoms with Crippen LogP contribution in [0.1, 0.15) is 21.5 Å². The first-order valence-corrected chi connectivity index (χ1v) is 12.1. The zero-order chi connectivity index (χ0) is 24.2. The monoisotopic (exact) mass is 477 g/mol. The number of pyridine rings is 1. The predicted octanol–water partition coefficient (Wildman–Crippen LogP) is 6.37. The van der Waals surface area contributed by atoms with E-state index in [2.05, 4.69) is 89.6 Å². The number of methoxy groups -OCH3 is 1. The molecule has 0 N–H and O–H groups in total. The van der Waals surface area contributed by atoms with Crippen LogP contribution in [0.5, 0.6) is 0 Å². The maximum Gasteiger partial charge on any atom is 0.337 e. The number of aromatic nitrogens is 1. The summed E-state index contributed by atoms with van der Waals surface area (Å²) in [6.45, 7) is 0. The van der Waals surface area contributed by atoms with Crippen LogP contribution in [0.25, 0.3) is 17.3 Å². The molecule has 172 valence electrons. The first kappa shape index (κ1) is 22.7. The summed E-state index contributed by atoms with van der Waals surface area (Å²) in [5, 5.41) is 1.14. The summed E-state index contributed by atoms with van der Waals surface area (Å²) in [6, 6.07) is 30.4. The van der Waals surface area contributed by atoms with Gasteiger partial charge >= 0.3 is 5.97 Å². The molecule has 0 atom stereocenters. The van der Waals surface area contributed by atoms with E-state index in [9.17, 15) is 4.79 Å². The van der Waals surface area contributed by atoms with Gasteiger partial charge in [0.2, 0.25) is 5.69 Å². The van der Waals surface area contributed by atoms with Gasteiger partial charge in [0, 0.05) is 36.2 Å². The minimum atomic E-state index is -0.338. The van der Waals surface area contributed by atoms with E-state index in [-0.39, 0.29) is 5.97 Å². The number of fused-ring (bicyclic) bond motifs is 1. The number of para-hydroxylation sites is 2. The van der Waals surface area contributed by atoms with Gasteiger partial charge in [-0.25, -0.2) is 4.79 Å². The molecule has 1 aliphatic rings. The van der Waals surface area contributed by atoms with E-state index in [1.165, 1.54) is 17.7 Å². The van der Waals surface area contributed by atoms with Crippen molar-refractivity contribution in [2.45, 2.75) is 4.90 Å². The Morgan fingerprint density at radius 1 is 0.857 bits per heavy atom. The summed E-state index contributed by atoms with van der Waals surface area (Å²) in [7, 11) is 3.49. The van der Waals surface area contributed by atoms with Gasteiger partial charge in [0.1, 0.15) is 0 Å². The van der Waals surface area contributed by atoms with Gasteiger partial charge in [-0.2, -0.15) is 4.57 Å². The first-order chi connectivity index (χ1) is 17.1. The van der Waals surface area contributed by atoms with Gasteiger partial charge < -0.3 is 9.64 Å². The molecule has 0 spiro atoms. The lowest BCUT2D eigenvalue weighted by Crippen LogP contribution is -2.28. The fourth-order valence-corrected chi connectivity index (χ4v) is 5.09. The van der Waals surface area contributed by atoms with Crippen molar-refractivity contribution in [3.8, 4) is 5.69 Å². The van der Waals surface area contributed by atoms with Gasteiger partial charge in [0.05, 0.1) is 23.4 Å². The van der Waals surface area contributed by atoms with Crippen molar-refractivity contribution in [1.82, 2.24) is 0 Å². The number of carbonyl (C=O) groups is 1. The second-order valence-corrected chi connectivity index (χ2v) is 9.22. The summed E-state index contributed by atoms with van der Waals surface area (Å²) in [5.41, 5.74) is 6.02. The molecular formula is C30H25N2O2S+. The molecule has 1 aliphatic heterocycles. The highest BCUT2D eigenvalue weighted by atomic mass is 32.2. The van der Waals surface area contributed by atoms with Crippen molar-refractivity contribution in [2.75, 3.05) is 19.1 Å². The minimum Gasteiger partial charge on any atom is -0.465 e. The molecule has 0 unspecified atom stereocenters. The maximum absolute atomic E-state index is 11.9. The van der Waals surface area contributed by atoms with Crippen LogP contribution in [0.15, 0.2) is 119 Å². The summed E-state index contributed by atoms with van der Waals surface area (Å²) in [4.78, 5) is 15.4. The quantitative estimate of drug-likeness (QED) is 0.247. The molecule has 0 bridgehead atoms. The molecule has 4 aromatic rings. The lowest BCUT2D eigenvalue weighted by atomic mass is 10.0. The number of thioether (sulfide) groups is 1. The van der Waals surface area contributed by atoms with Gasteiger partial charge in [-0.15, -0.1) is 0 Å². The fraction of sp³-hybridized carbons (Fsp3) is 0.0667. The number of carbonyl (C=O) groups excluding carboxylic acids is 1. The SMILES string of the molecule is COC(=O)c1ccc(C(=Cc2cc[n+](-c3ccccc3)cc2)C=C2Sc3ccccc3N2C)cc1. The average molecular weight is 478 g/mol. The van der Waals surface area contributed by atoms with E-state index in [0.29, 0.717) is 5.56 Å². The molecule has 0 fully saturated rings. The van der Waals surface area contributed by atoms with Crippen LogP contribution in [-0.4, -0.2) is 20.1 Å². The number of nitrogens with zero attached hydrogens (tertiary/aromatic N) is 2. The molecule has 3 aromatic carbocycles. The molecule has 1 aromatic heterocycles. The number of esters is 1. The van der Waals surface area contributed by atoms with Crippen molar-refractivity contribution < 1.29 is 14.1 Å². The summed E-state index contributed by atoms with van der Waals surface area (Å²) in [6.07, 6.45) is 8.51. The molecule has 2 heterocycles. The highest BCUT2D eigenvalue weighted by Gasteiger charge is 2.21. The molecule has 0 saturated carbocycles.